The highest BCUT2D eigenvalue weighted by atomic mass is 31.2. The topological polar surface area (TPSA) is 38.3 Å². The van der Waals surface area contributed by atoms with E-state index in [1.54, 1.807) is 0 Å². The van der Waals surface area contributed by atoms with Crippen LogP contribution in [0.5, 0.6) is 0 Å². The van der Waals surface area contributed by atoms with Gasteiger partial charge in [0.2, 0.25) is 0 Å². The molecule has 1 aromatic rings. The predicted molar refractivity (Wildman–Crippen MR) is 66.5 cm³/mol. The van der Waals surface area contributed by atoms with Gasteiger partial charge in [-0.15, -0.1) is 0 Å². The second kappa shape index (κ2) is 3.99. The molecule has 0 bridgehead atoms. The number of rotatable bonds is 1. The molecule has 1 fully saturated rings. The van der Waals surface area contributed by atoms with Crippen molar-refractivity contribution < 1.29 is 9.09 Å². The van der Waals surface area contributed by atoms with E-state index in [-0.39, 0.29) is 0 Å². The second-order valence-corrected chi connectivity index (χ2v) is 7.70. The molecule has 1 aliphatic heterocycles. The molecule has 1 heterocycles. The zero-order chi connectivity index (χ0) is 11.8. The van der Waals surface area contributed by atoms with Gasteiger partial charge in [0, 0.05) is 11.8 Å². The molecule has 1 aliphatic rings. The molecule has 88 valence electrons. The summed E-state index contributed by atoms with van der Waals surface area (Å²) in [4.78, 5) is 0. The Morgan fingerprint density at radius 3 is 2.50 bits per heavy atom. The lowest BCUT2D eigenvalue weighted by atomic mass is 10.2. The Bertz CT molecular complexity index is 425. The molecule has 0 amide bonds. The molecule has 2 rings (SSSR count). The Morgan fingerprint density at radius 1 is 1.31 bits per heavy atom. The van der Waals surface area contributed by atoms with Crippen molar-refractivity contribution in [3.8, 4) is 0 Å². The second-order valence-electron chi connectivity index (χ2n) is 4.71. The Kier molecular flexibility index (Phi) is 2.95. The first-order valence-corrected chi connectivity index (χ1v) is 7.15. The molecule has 0 aromatic heterocycles. The first-order valence-electron chi connectivity index (χ1n) is 5.53. The molecule has 16 heavy (non-hydrogen) atoms. The average molecular weight is 239 g/mol. The summed E-state index contributed by atoms with van der Waals surface area (Å²) in [7, 11) is -2.80. The molecule has 0 aliphatic carbocycles. The molecule has 0 saturated carbocycles. The lowest BCUT2D eigenvalue weighted by Gasteiger charge is -2.39. The number of hydrogen-bond acceptors (Lipinski definition) is 3. The van der Waals surface area contributed by atoms with Gasteiger partial charge in [0.25, 0.3) is 7.37 Å². The van der Waals surface area contributed by atoms with E-state index in [0.29, 0.717) is 6.61 Å². The fourth-order valence-corrected chi connectivity index (χ4v) is 4.26. The third-order valence-corrected chi connectivity index (χ3v) is 6.20. The zero-order valence-corrected chi connectivity index (χ0v) is 10.9. The molecule has 4 heteroatoms. The Labute approximate surface area is 96.7 Å². The van der Waals surface area contributed by atoms with Crippen molar-refractivity contribution in [1.82, 2.24) is 5.32 Å². The molecule has 3 nitrogen and oxygen atoms in total. The lowest BCUT2D eigenvalue weighted by molar-refractivity contribution is 0.249. The first kappa shape index (κ1) is 11.8. The lowest BCUT2D eigenvalue weighted by Crippen LogP contribution is -2.48. The maximum atomic E-state index is 12.9. The van der Waals surface area contributed by atoms with Gasteiger partial charge in [0.1, 0.15) is 0 Å². The highest BCUT2D eigenvalue weighted by molar-refractivity contribution is 7.68. The standard InChI is InChI=1S/C12H18NO2P/c1-10-4-6-11(7-5-10)16(14)12(2,3)13-8-9-15-16/h4-7,13H,8-9H2,1-3H3. The number of nitrogens with one attached hydrogen (secondary N) is 1. The molecule has 1 unspecified atom stereocenters. The first-order chi connectivity index (χ1) is 7.46. The van der Waals surface area contributed by atoms with Crippen molar-refractivity contribution in [2.45, 2.75) is 26.1 Å². The third-order valence-electron chi connectivity index (χ3n) is 3.04. The van der Waals surface area contributed by atoms with Gasteiger partial charge in [-0.3, -0.25) is 4.57 Å². The van der Waals surface area contributed by atoms with Gasteiger partial charge >= 0.3 is 0 Å². The predicted octanol–water partition coefficient (Wildman–Crippen LogP) is 2.25. The van der Waals surface area contributed by atoms with Crippen LogP contribution in [0.2, 0.25) is 0 Å². The minimum absolute atomic E-state index is 0.486. The van der Waals surface area contributed by atoms with E-state index in [0.717, 1.165) is 17.4 Å². The van der Waals surface area contributed by atoms with Crippen LogP contribution in [0.15, 0.2) is 24.3 Å². The largest absolute Gasteiger partial charge is 0.323 e. The summed E-state index contributed by atoms with van der Waals surface area (Å²) in [6.07, 6.45) is 0. The molecule has 1 aromatic carbocycles. The quantitative estimate of drug-likeness (QED) is 0.764. The molecule has 1 atom stereocenters. The summed E-state index contributed by atoms with van der Waals surface area (Å²) in [5, 5.41) is 3.59. The van der Waals surface area contributed by atoms with E-state index < -0.39 is 12.6 Å². The maximum Gasteiger partial charge on any atom is 0.251 e. The van der Waals surface area contributed by atoms with Crippen LogP contribution in [0.4, 0.5) is 0 Å². The van der Waals surface area contributed by atoms with Crippen LogP contribution in [0, 0.1) is 6.92 Å². The van der Waals surface area contributed by atoms with Crippen LogP contribution in [0.3, 0.4) is 0 Å². The SMILES string of the molecule is Cc1ccc(P2(=O)OCCNC2(C)C)cc1. The van der Waals surface area contributed by atoms with Crippen molar-refractivity contribution in [3.05, 3.63) is 29.8 Å². The van der Waals surface area contributed by atoms with E-state index in [1.165, 1.54) is 0 Å². The van der Waals surface area contributed by atoms with E-state index in [1.807, 2.05) is 45.0 Å². The monoisotopic (exact) mass is 239 g/mol. The van der Waals surface area contributed by atoms with Crippen LogP contribution in [-0.4, -0.2) is 18.4 Å². The summed E-state index contributed by atoms with van der Waals surface area (Å²) >= 11 is 0. The van der Waals surface area contributed by atoms with Gasteiger partial charge in [-0.1, -0.05) is 17.7 Å². The van der Waals surface area contributed by atoms with Crippen molar-refractivity contribution >= 4 is 12.7 Å². The summed E-state index contributed by atoms with van der Waals surface area (Å²) in [6, 6.07) is 7.77. The third kappa shape index (κ3) is 1.84. The van der Waals surface area contributed by atoms with Crippen molar-refractivity contribution in [3.63, 3.8) is 0 Å². The number of aryl methyl sites for hydroxylation is 1. The van der Waals surface area contributed by atoms with Gasteiger partial charge < -0.3 is 9.84 Å². The van der Waals surface area contributed by atoms with Crippen molar-refractivity contribution in [1.29, 1.82) is 0 Å². The van der Waals surface area contributed by atoms with E-state index in [2.05, 4.69) is 5.32 Å². The fraction of sp³-hybridized carbons (Fsp3) is 0.500. The molecule has 1 saturated heterocycles. The molecular weight excluding hydrogens is 221 g/mol. The van der Waals surface area contributed by atoms with Gasteiger partial charge in [-0.05, 0) is 32.9 Å². The molecular formula is C12H18NO2P. The Balaban J connectivity index is 2.44. The summed E-state index contributed by atoms with van der Waals surface area (Å²) in [5.41, 5.74) is 1.16. The van der Waals surface area contributed by atoms with Gasteiger partial charge in [0.05, 0.1) is 11.9 Å². The van der Waals surface area contributed by atoms with Crippen LogP contribution in [0.25, 0.3) is 0 Å². The normalized spacial score (nSPS) is 28.9. The van der Waals surface area contributed by atoms with Crippen LogP contribution in [-0.2, 0) is 9.09 Å². The Morgan fingerprint density at radius 2 is 1.94 bits per heavy atom. The van der Waals surface area contributed by atoms with Gasteiger partial charge in [0.15, 0.2) is 0 Å². The minimum Gasteiger partial charge on any atom is -0.323 e. The van der Waals surface area contributed by atoms with Crippen LogP contribution in [0.1, 0.15) is 19.4 Å². The van der Waals surface area contributed by atoms with Crippen LogP contribution >= 0.6 is 7.37 Å². The van der Waals surface area contributed by atoms with E-state index in [4.69, 9.17) is 4.52 Å². The maximum absolute atomic E-state index is 12.9. The minimum atomic E-state index is -2.80. The molecule has 1 N–H and O–H groups in total. The number of benzene rings is 1. The summed E-state index contributed by atoms with van der Waals surface area (Å²) in [6.45, 7) is 7.15. The fourth-order valence-electron chi connectivity index (χ4n) is 1.93. The molecule has 0 radical (unpaired) electrons. The van der Waals surface area contributed by atoms with E-state index in [9.17, 15) is 4.57 Å². The average Bonchev–Trinajstić information content (AvgIpc) is 2.23. The summed E-state index contributed by atoms with van der Waals surface area (Å²) in [5.74, 6) is 0. The molecule has 0 spiro atoms. The zero-order valence-electron chi connectivity index (χ0n) is 9.99. The summed E-state index contributed by atoms with van der Waals surface area (Å²) < 4.78 is 18.5. The van der Waals surface area contributed by atoms with Crippen LogP contribution < -0.4 is 10.6 Å². The Hall–Kier alpha value is -0.630. The van der Waals surface area contributed by atoms with Crippen molar-refractivity contribution in [2.24, 2.45) is 0 Å². The highest BCUT2D eigenvalue weighted by Gasteiger charge is 2.45. The van der Waals surface area contributed by atoms with Crippen molar-refractivity contribution in [2.75, 3.05) is 13.2 Å². The number of hydrogen-bond donors (Lipinski definition) is 1. The smallest absolute Gasteiger partial charge is 0.251 e. The van der Waals surface area contributed by atoms with Gasteiger partial charge in [-0.25, -0.2) is 0 Å². The van der Waals surface area contributed by atoms with Gasteiger partial charge in [-0.2, -0.15) is 0 Å². The van der Waals surface area contributed by atoms with E-state index >= 15 is 0 Å². The highest BCUT2D eigenvalue weighted by Crippen LogP contribution is 2.57.